The van der Waals surface area contributed by atoms with Crippen LogP contribution in [0.3, 0.4) is 0 Å². The molecule has 1 saturated heterocycles. The van der Waals surface area contributed by atoms with Crippen molar-refractivity contribution < 1.29 is 14.4 Å². The number of pyridine rings is 1. The van der Waals surface area contributed by atoms with Gasteiger partial charge in [-0.15, -0.1) is 0 Å². The highest BCUT2D eigenvalue weighted by Gasteiger charge is 2.39. The van der Waals surface area contributed by atoms with Gasteiger partial charge in [0.25, 0.3) is 5.91 Å². The Hall–Kier alpha value is -4.01. The molecule has 8 nitrogen and oxygen atoms in total. The fraction of sp³-hybridized carbons (Fsp3) is 0.241. The molecule has 38 heavy (non-hydrogen) atoms. The molecule has 1 atom stereocenters. The van der Waals surface area contributed by atoms with Crippen LogP contribution in [0.1, 0.15) is 39.9 Å². The second-order valence-corrected chi connectivity index (χ2v) is 10.1. The maximum atomic E-state index is 13.1. The van der Waals surface area contributed by atoms with E-state index in [1.807, 2.05) is 53.1 Å². The van der Waals surface area contributed by atoms with Gasteiger partial charge < -0.3 is 14.6 Å². The summed E-state index contributed by atoms with van der Waals surface area (Å²) in [6.45, 7) is 1.80. The van der Waals surface area contributed by atoms with Gasteiger partial charge in [-0.25, -0.2) is 4.98 Å². The highest BCUT2D eigenvalue weighted by molar-refractivity contribution is 6.31. The molecule has 9 heteroatoms. The summed E-state index contributed by atoms with van der Waals surface area (Å²) in [4.78, 5) is 43.2. The van der Waals surface area contributed by atoms with Crippen molar-refractivity contribution in [1.82, 2.24) is 24.9 Å². The standard InChI is InChI=1S/C29H26ClN5O3/c30-24-4-2-1-3-19(24)9-10-31-15-18-13-23(27-32-11-12-34(27)16-18)20-5-6-22-21(14-20)17-35(29(22)38)25-7-8-26(36)33-28(25)37/h1-6,11-14,16,25,31H,7-10,15,17H2,(H,33,36,37). The highest BCUT2D eigenvalue weighted by Crippen LogP contribution is 2.33. The summed E-state index contributed by atoms with van der Waals surface area (Å²) < 4.78 is 2.01. The number of imide groups is 1. The molecular weight excluding hydrogens is 502 g/mol. The monoisotopic (exact) mass is 527 g/mol. The molecule has 2 N–H and O–H groups in total. The van der Waals surface area contributed by atoms with Crippen LogP contribution in [0, 0.1) is 0 Å². The van der Waals surface area contributed by atoms with Gasteiger partial charge in [-0.05, 0) is 65.9 Å². The van der Waals surface area contributed by atoms with Gasteiger partial charge in [-0.2, -0.15) is 0 Å². The number of imidazole rings is 1. The Bertz CT molecular complexity index is 1580. The van der Waals surface area contributed by atoms with E-state index in [9.17, 15) is 14.4 Å². The topological polar surface area (TPSA) is 95.8 Å². The molecule has 1 fully saturated rings. The van der Waals surface area contributed by atoms with Gasteiger partial charge in [0.05, 0.1) is 0 Å². The molecule has 0 saturated carbocycles. The predicted molar refractivity (Wildman–Crippen MR) is 144 cm³/mol. The van der Waals surface area contributed by atoms with Crippen molar-refractivity contribution in [3.05, 3.63) is 94.4 Å². The van der Waals surface area contributed by atoms with Crippen molar-refractivity contribution in [1.29, 1.82) is 0 Å². The van der Waals surface area contributed by atoms with E-state index in [1.54, 1.807) is 11.1 Å². The Morgan fingerprint density at radius 3 is 2.79 bits per heavy atom. The number of benzene rings is 2. The van der Waals surface area contributed by atoms with Crippen molar-refractivity contribution in [3.63, 3.8) is 0 Å². The van der Waals surface area contributed by atoms with E-state index < -0.39 is 11.9 Å². The Morgan fingerprint density at radius 1 is 1.08 bits per heavy atom. The third-order valence-corrected chi connectivity index (χ3v) is 7.61. The summed E-state index contributed by atoms with van der Waals surface area (Å²) in [5.41, 5.74) is 6.43. The number of carbonyl (C=O) groups is 3. The lowest BCUT2D eigenvalue weighted by Gasteiger charge is -2.29. The van der Waals surface area contributed by atoms with Gasteiger partial charge in [0.1, 0.15) is 11.7 Å². The second kappa shape index (κ2) is 10.0. The minimum atomic E-state index is -0.629. The van der Waals surface area contributed by atoms with Gasteiger partial charge in [-0.1, -0.05) is 35.9 Å². The van der Waals surface area contributed by atoms with Crippen LogP contribution in [0.4, 0.5) is 0 Å². The third-order valence-electron chi connectivity index (χ3n) is 7.24. The van der Waals surface area contributed by atoms with Gasteiger partial charge in [0.2, 0.25) is 11.8 Å². The lowest BCUT2D eigenvalue weighted by Crippen LogP contribution is -2.52. The maximum absolute atomic E-state index is 13.1. The normalized spacial score (nSPS) is 17.2. The molecular formula is C29H26ClN5O3. The van der Waals surface area contributed by atoms with Crippen molar-refractivity contribution in [2.45, 2.75) is 38.4 Å². The number of nitrogens with one attached hydrogen (secondary N) is 2. The number of aromatic nitrogens is 2. The second-order valence-electron chi connectivity index (χ2n) is 9.71. The van der Waals surface area contributed by atoms with Gasteiger partial charge in [0, 0.05) is 54.3 Å². The average molecular weight is 528 g/mol. The minimum Gasteiger partial charge on any atom is -0.322 e. The van der Waals surface area contributed by atoms with Crippen LogP contribution in [0.25, 0.3) is 16.8 Å². The van der Waals surface area contributed by atoms with Crippen molar-refractivity contribution in [3.8, 4) is 11.1 Å². The molecule has 0 aliphatic carbocycles. The molecule has 192 valence electrons. The van der Waals surface area contributed by atoms with E-state index >= 15 is 0 Å². The first-order chi connectivity index (χ1) is 18.5. The number of fused-ring (bicyclic) bond motifs is 2. The predicted octanol–water partition coefficient (Wildman–Crippen LogP) is 3.75. The molecule has 0 radical (unpaired) electrons. The fourth-order valence-electron chi connectivity index (χ4n) is 5.30. The van der Waals surface area contributed by atoms with Crippen molar-refractivity contribution >= 4 is 35.0 Å². The first-order valence-corrected chi connectivity index (χ1v) is 13.0. The number of carbonyl (C=O) groups excluding carboxylic acids is 3. The first kappa shape index (κ1) is 24.3. The summed E-state index contributed by atoms with van der Waals surface area (Å²) in [6, 6.07) is 15.1. The summed E-state index contributed by atoms with van der Waals surface area (Å²) in [7, 11) is 0. The average Bonchev–Trinajstić information content (AvgIpc) is 3.51. The summed E-state index contributed by atoms with van der Waals surface area (Å²) >= 11 is 6.28. The van der Waals surface area contributed by atoms with E-state index in [0.717, 1.165) is 51.5 Å². The first-order valence-electron chi connectivity index (χ1n) is 12.7. The quantitative estimate of drug-likeness (QED) is 0.282. The highest BCUT2D eigenvalue weighted by atomic mass is 35.5. The molecule has 1 unspecified atom stereocenters. The van der Waals surface area contributed by atoms with E-state index in [4.69, 9.17) is 11.6 Å². The number of halogens is 1. The number of hydrogen-bond acceptors (Lipinski definition) is 5. The number of rotatable bonds is 7. The lowest BCUT2D eigenvalue weighted by molar-refractivity contribution is -0.136. The largest absolute Gasteiger partial charge is 0.322 e. The smallest absolute Gasteiger partial charge is 0.255 e. The van der Waals surface area contributed by atoms with Gasteiger partial charge in [-0.3, -0.25) is 19.7 Å². The number of nitrogens with zero attached hydrogens (tertiary/aromatic N) is 3. The Morgan fingerprint density at radius 2 is 1.95 bits per heavy atom. The van der Waals surface area contributed by atoms with Gasteiger partial charge >= 0.3 is 0 Å². The SMILES string of the molecule is O=C1CCC(N2Cc3cc(-c4cc(CNCCc5ccccc5Cl)cn5ccnc45)ccc3C2=O)C(=O)N1. The molecule has 0 bridgehead atoms. The maximum Gasteiger partial charge on any atom is 0.255 e. The molecule has 0 spiro atoms. The van der Waals surface area contributed by atoms with Crippen LogP contribution >= 0.6 is 11.6 Å². The fourth-order valence-corrected chi connectivity index (χ4v) is 5.53. The van der Waals surface area contributed by atoms with E-state index in [-0.39, 0.29) is 18.2 Å². The van der Waals surface area contributed by atoms with Crippen LogP contribution in [-0.4, -0.2) is 44.6 Å². The molecule has 2 aromatic carbocycles. The Kier molecular flexibility index (Phi) is 6.43. The number of hydrogen-bond donors (Lipinski definition) is 2. The summed E-state index contributed by atoms with van der Waals surface area (Å²) in [6.07, 6.45) is 7.18. The van der Waals surface area contributed by atoms with Crippen LogP contribution in [0.2, 0.25) is 5.02 Å². The Labute approximate surface area is 224 Å². The lowest BCUT2D eigenvalue weighted by atomic mass is 10.00. The molecule has 2 aliphatic heterocycles. The van der Waals surface area contributed by atoms with E-state index in [2.05, 4.69) is 27.9 Å². The summed E-state index contributed by atoms with van der Waals surface area (Å²) in [5.74, 6) is -0.875. The molecule has 4 aromatic rings. The van der Waals surface area contributed by atoms with E-state index in [1.165, 1.54) is 0 Å². The van der Waals surface area contributed by atoms with Crippen LogP contribution < -0.4 is 10.6 Å². The van der Waals surface area contributed by atoms with Gasteiger partial charge in [0.15, 0.2) is 0 Å². The number of piperidine rings is 1. The minimum absolute atomic E-state index is 0.177. The van der Waals surface area contributed by atoms with Crippen molar-refractivity contribution in [2.24, 2.45) is 0 Å². The molecule has 6 rings (SSSR count). The van der Waals surface area contributed by atoms with E-state index in [0.29, 0.717) is 25.1 Å². The molecule has 2 aromatic heterocycles. The van der Waals surface area contributed by atoms with Crippen molar-refractivity contribution in [2.75, 3.05) is 6.54 Å². The molecule has 3 amide bonds. The summed E-state index contributed by atoms with van der Waals surface area (Å²) in [5, 5.41) is 6.64. The Balaban J connectivity index is 1.22. The molecule has 2 aliphatic rings. The zero-order chi connectivity index (χ0) is 26.2. The zero-order valence-electron chi connectivity index (χ0n) is 20.6. The van der Waals surface area contributed by atoms with Crippen LogP contribution in [0.5, 0.6) is 0 Å². The molecule has 4 heterocycles. The van der Waals surface area contributed by atoms with Crippen LogP contribution in [-0.2, 0) is 29.1 Å². The third kappa shape index (κ3) is 4.57. The number of amides is 3. The zero-order valence-corrected chi connectivity index (χ0v) is 21.4. The van der Waals surface area contributed by atoms with Crippen LogP contribution in [0.15, 0.2) is 67.1 Å².